The highest BCUT2D eigenvalue weighted by Crippen LogP contribution is 2.35. The number of alkyl halides is 3. The van der Waals surface area contributed by atoms with Gasteiger partial charge in [0.1, 0.15) is 17.2 Å². The van der Waals surface area contributed by atoms with Gasteiger partial charge < -0.3 is 4.90 Å². The Kier molecular flexibility index (Phi) is 5.61. The first-order valence-electron chi connectivity index (χ1n) is 9.47. The van der Waals surface area contributed by atoms with Crippen molar-refractivity contribution in [2.24, 2.45) is 5.92 Å². The first-order valence-corrected chi connectivity index (χ1v) is 9.85. The molecule has 0 aromatic carbocycles. The number of nitrogens with zero attached hydrogens (tertiary/aromatic N) is 7. The van der Waals surface area contributed by atoms with Crippen molar-refractivity contribution in [2.75, 3.05) is 6.54 Å². The topological polar surface area (TPSA) is 89.7 Å². The van der Waals surface area contributed by atoms with Crippen LogP contribution >= 0.6 is 11.6 Å². The zero-order chi connectivity index (χ0) is 22.2. The maximum atomic E-state index is 13.3. The van der Waals surface area contributed by atoms with Crippen LogP contribution < -0.4 is 0 Å². The molecule has 0 spiro atoms. The second-order valence-corrected chi connectivity index (χ2v) is 7.60. The molecule has 1 unspecified atom stereocenters. The van der Waals surface area contributed by atoms with Crippen LogP contribution in [0.25, 0.3) is 5.95 Å². The fraction of sp³-hybridized carbons (Fsp3) is 0.368. The Morgan fingerprint density at radius 1 is 1.26 bits per heavy atom. The van der Waals surface area contributed by atoms with Crippen LogP contribution in [-0.2, 0) is 6.18 Å². The lowest BCUT2D eigenvalue weighted by Crippen LogP contribution is -2.37. The molecule has 4 rings (SSSR count). The van der Waals surface area contributed by atoms with E-state index in [9.17, 15) is 18.0 Å². The third kappa shape index (κ3) is 4.66. The molecule has 0 aliphatic heterocycles. The Morgan fingerprint density at radius 2 is 1.97 bits per heavy atom. The molecule has 1 atom stereocenters. The van der Waals surface area contributed by atoms with Gasteiger partial charge in [0.05, 0.1) is 6.04 Å². The van der Waals surface area contributed by atoms with Gasteiger partial charge in [-0.05, 0) is 43.9 Å². The quantitative estimate of drug-likeness (QED) is 0.530. The summed E-state index contributed by atoms with van der Waals surface area (Å²) in [4.78, 5) is 30.6. The maximum absolute atomic E-state index is 13.3. The number of carbonyl (C=O) groups excluding carboxylic acids is 1. The minimum absolute atomic E-state index is 0.193. The highest BCUT2D eigenvalue weighted by molar-refractivity contribution is 6.29. The van der Waals surface area contributed by atoms with Crippen molar-refractivity contribution >= 4 is 17.5 Å². The molecule has 12 heteroatoms. The second-order valence-electron chi connectivity index (χ2n) is 7.22. The van der Waals surface area contributed by atoms with E-state index in [1.165, 1.54) is 15.9 Å². The monoisotopic (exact) mass is 451 g/mol. The molecule has 1 saturated carbocycles. The summed E-state index contributed by atoms with van der Waals surface area (Å²) in [5.41, 5.74) is -1.41. The van der Waals surface area contributed by atoms with Gasteiger partial charge >= 0.3 is 6.18 Å². The average Bonchev–Trinajstić information content (AvgIpc) is 3.43. The Hall–Kier alpha value is -3.08. The highest BCUT2D eigenvalue weighted by atomic mass is 35.5. The predicted octanol–water partition coefficient (Wildman–Crippen LogP) is 3.74. The predicted molar refractivity (Wildman–Crippen MR) is 103 cm³/mol. The standard InChI is InChI=1S/C19H17ClF3N7O/c1-11(16-26-10-27-30(16)18-24-5-2-6-25-18)29(9-12-3-4-12)17(31)13-7-14(19(21,22)23)28-15(20)8-13/h2,5-8,10-12H,3-4,9H2,1H3. The van der Waals surface area contributed by atoms with Crippen molar-refractivity contribution in [1.29, 1.82) is 0 Å². The zero-order valence-corrected chi connectivity index (χ0v) is 17.0. The zero-order valence-electron chi connectivity index (χ0n) is 16.3. The fourth-order valence-corrected chi connectivity index (χ4v) is 3.36. The lowest BCUT2D eigenvalue weighted by atomic mass is 10.1. The van der Waals surface area contributed by atoms with Crippen LogP contribution in [-0.4, -0.2) is 47.1 Å². The fourth-order valence-electron chi connectivity index (χ4n) is 3.16. The summed E-state index contributed by atoms with van der Waals surface area (Å²) in [7, 11) is 0. The third-order valence-corrected chi connectivity index (χ3v) is 5.09. The molecule has 1 aliphatic rings. The average molecular weight is 452 g/mol. The minimum Gasteiger partial charge on any atom is -0.328 e. The smallest absolute Gasteiger partial charge is 0.328 e. The lowest BCUT2D eigenvalue weighted by Gasteiger charge is -2.29. The van der Waals surface area contributed by atoms with Crippen molar-refractivity contribution in [3.05, 3.63) is 59.2 Å². The largest absolute Gasteiger partial charge is 0.433 e. The second kappa shape index (κ2) is 8.22. The van der Waals surface area contributed by atoms with E-state index in [1.807, 2.05) is 0 Å². The van der Waals surface area contributed by atoms with Gasteiger partial charge in [-0.25, -0.2) is 19.9 Å². The van der Waals surface area contributed by atoms with Gasteiger partial charge in [0, 0.05) is 24.5 Å². The van der Waals surface area contributed by atoms with Crippen molar-refractivity contribution in [3.8, 4) is 5.95 Å². The molecule has 0 N–H and O–H groups in total. The van der Waals surface area contributed by atoms with Crippen LogP contribution in [0.4, 0.5) is 13.2 Å². The van der Waals surface area contributed by atoms with E-state index >= 15 is 0 Å². The van der Waals surface area contributed by atoms with Crippen molar-refractivity contribution in [1.82, 2.24) is 34.6 Å². The molecular formula is C19H17ClF3N7O. The van der Waals surface area contributed by atoms with Gasteiger partial charge in [-0.3, -0.25) is 4.79 Å². The minimum atomic E-state index is -4.72. The van der Waals surface area contributed by atoms with E-state index in [1.54, 1.807) is 25.4 Å². The molecule has 0 radical (unpaired) electrons. The van der Waals surface area contributed by atoms with E-state index in [2.05, 4.69) is 25.0 Å². The van der Waals surface area contributed by atoms with Crippen LogP contribution in [0.15, 0.2) is 36.9 Å². The Balaban J connectivity index is 1.70. The Bertz CT molecular complexity index is 1090. The van der Waals surface area contributed by atoms with Crippen molar-refractivity contribution in [3.63, 3.8) is 0 Å². The number of rotatable bonds is 6. The van der Waals surface area contributed by atoms with E-state index < -0.39 is 29.0 Å². The summed E-state index contributed by atoms with van der Waals surface area (Å²) in [5.74, 6) is 0.330. The molecule has 1 aliphatic carbocycles. The molecule has 3 heterocycles. The SMILES string of the molecule is CC(c1ncnn1-c1ncccn1)N(CC1CC1)C(=O)c1cc(Cl)nc(C(F)(F)F)c1. The van der Waals surface area contributed by atoms with Crippen LogP contribution in [0.2, 0.25) is 5.15 Å². The van der Waals surface area contributed by atoms with Gasteiger partial charge in [-0.1, -0.05) is 11.6 Å². The van der Waals surface area contributed by atoms with E-state index in [-0.39, 0.29) is 17.4 Å². The molecule has 0 bridgehead atoms. The first-order chi connectivity index (χ1) is 14.7. The molecule has 31 heavy (non-hydrogen) atoms. The number of hydrogen-bond acceptors (Lipinski definition) is 6. The number of aromatic nitrogens is 6. The molecule has 3 aromatic rings. The Morgan fingerprint density at radius 3 is 2.61 bits per heavy atom. The van der Waals surface area contributed by atoms with Crippen LogP contribution in [0.5, 0.6) is 0 Å². The molecule has 1 amide bonds. The molecular weight excluding hydrogens is 435 g/mol. The summed E-state index contributed by atoms with van der Waals surface area (Å²) in [5, 5.41) is 3.74. The van der Waals surface area contributed by atoms with Crippen molar-refractivity contribution < 1.29 is 18.0 Å². The number of amides is 1. The molecule has 162 valence electrons. The molecule has 1 fully saturated rings. The lowest BCUT2D eigenvalue weighted by molar-refractivity contribution is -0.141. The Labute approximate surface area is 180 Å². The van der Waals surface area contributed by atoms with Crippen LogP contribution in [0, 0.1) is 5.92 Å². The summed E-state index contributed by atoms with van der Waals surface area (Å²) >= 11 is 5.78. The third-order valence-electron chi connectivity index (χ3n) is 4.90. The summed E-state index contributed by atoms with van der Waals surface area (Å²) < 4.78 is 40.9. The highest BCUT2D eigenvalue weighted by Gasteiger charge is 2.36. The molecule has 0 saturated heterocycles. The number of halogens is 4. The van der Waals surface area contributed by atoms with Gasteiger partial charge in [0.2, 0.25) is 0 Å². The van der Waals surface area contributed by atoms with Gasteiger partial charge in [-0.15, -0.1) is 0 Å². The van der Waals surface area contributed by atoms with Crippen molar-refractivity contribution in [2.45, 2.75) is 32.0 Å². The van der Waals surface area contributed by atoms with E-state index in [0.717, 1.165) is 18.9 Å². The number of hydrogen-bond donors (Lipinski definition) is 0. The van der Waals surface area contributed by atoms with E-state index in [0.29, 0.717) is 18.4 Å². The number of carbonyl (C=O) groups is 1. The summed E-state index contributed by atoms with van der Waals surface area (Å²) in [6.45, 7) is 2.10. The maximum Gasteiger partial charge on any atom is 0.433 e. The van der Waals surface area contributed by atoms with Gasteiger partial charge in [0.25, 0.3) is 11.9 Å². The first kappa shape index (κ1) is 21.2. The number of pyridine rings is 1. The normalized spacial score (nSPS) is 15.0. The van der Waals surface area contributed by atoms with Gasteiger partial charge in [0.15, 0.2) is 5.82 Å². The van der Waals surface area contributed by atoms with Crippen LogP contribution in [0.1, 0.15) is 47.7 Å². The summed E-state index contributed by atoms with van der Waals surface area (Å²) in [6.07, 6.45) is 1.56. The molecule has 3 aromatic heterocycles. The molecule has 8 nitrogen and oxygen atoms in total. The van der Waals surface area contributed by atoms with E-state index in [4.69, 9.17) is 11.6 Å². The van der Waals surface area contributed by atoms with Crippen LogP contribution in [0.3, 0.4) is 0 Å². The summed E-state index contributed by atoms with van der Waals surface area (Å²) in [6, 6.07) is 2.89. The van der Waals surface area contributed by atoms with Gasteiger partial charge in [-0.2, -0.15) is 23.0 Å².